The number of halogens is 1. The van der Waals surface area contributed by atoms with Gasteiger partial charge in [-0.1, -0.05) is 37.3 Å². The molecule has 3 aliphatic heterocycles. The molecule has 8 nitrogen and oxygen atoms in total. The van der Waals surface area contributed by atoms with Crippen molar-refractivity contribution in [3.63, 3.8) is 0 Å². The van der Waals surface area contributed by atoms with E-state index in [4.69, 9.17) is 13.8 Å². The van der Waals surface area contributed by atoms with Gasteiger partial charge >= 0.3 is 5.69 Å². The summed E-state index contributed by atoms with van der Waals surface area (Å²) in [6, 6.07) is 10.7. The molecule has 10 heteroatoms. The van der Waals surface area contributed by atoms with E-state index in [9.17, 15) is 9.59 Å². The molecule has 1 N–H and O–H groups in total. The Hall–Kier alpha value is -1.10. The van der Waals surface area contributed by atoms with Crippen molar-refractivity contribution in [1.82, 2.24) is 14.2 Å². The summed E-state index contributed by atoms with van der Waals surface area (Å²) in [6.45, 7) is 3.03. The maximum Gasteiger partial charge on any atom is 0.330 e. The molecule has 0 spiro atoms. The molecular weight excluding hydrogens is 532 g/mol. The van der Waals surface area contributed by atoms with E-state index in [-0.39, 0.29) is 23.9 Å². The van der Waals surface area contributed by atoms with Crippen LogP contribution >= 0.6 is 31.1 Å². The number of H-pyrrole nitrogens is 1. The topological polar surface area (TPSA) is 85.8 Å². The summed E-state index contributed by atoms with van der Waals surface area (Å²) in [5.74, 6) is 0. The number of nitrogens with one attached hydrogen (secondary N) is 1. The van der Waals surface area contributed by atoms with Gasteiger partial charge in [-0.2, -0.15) is 0 Å². The Labute approximate surface area is 195 Å². The van der Waals surface area contributed by atoms with Crippen molar-refractivity contribution in [3.8, 4) is 0 Å². The molecule has 5 rings (SSSR count). The Morgan fingerprint density at radius 3 is 2.87 bits per heavy atom. The fraction of sp³-hybridized carbons (Fsp3) is 0.524. The third-order valence-electron chi connectivity index (χ3n) is 6.20. The zero-order chi connectivity index (χ0) is 21.5. The Bertz CT molecular complexity index is 1050. The standard InChI is InChI=1S/C21H25IN3O5P/c1-2-16-17(11-18(28-16)24-12-14(22)20(26)23-21(24)27)29-31-25-10-6-9-15(25)19(30-31)13-7-4-3-5-8-13/h3-5,7-8,12,15-19H,2,6,9-11H2,1H3,(H,23,26,27)/t15-,16+,17?,18+,19+,31-/m0/s1. The van der Waals surface area contributed by atoms with Gasteiger partial charge in [0, 0.05) is 25.2 Å². The first-order chi connectivity index (χ1) is 15.0. The van der Waals surface area contributed by atoms with Gasteiger partial charge in [-0.15, -0.1) is 0 Å². The fourth-order valence-electron chi connectivity index (χ4n) is 4.66. The molecule has 31 heavy (non-hydrogen) atoms. The molecule has 0 radical (unpaired) electrons. The number of benzene rings is 1. The molecule has 0 saturated carbocycles. The van der Waals surface area contributed by atoms with Crippen LogP contribution in [-0.2, 0) is 13.8 Å². The summed E-state index contributed by atoms with van der Waals surface area (Å²) < 4.78 is 23.5. The summed E-state index contributed by atoms with van der Waals surface area (Å²) in [7, 11) is -1.19. The highest BCUT2D eigenvalue weighted by Crippen LogP contribution is 2.61. The Morgan fingerprint density at radius 2 is 2.10 bits per heavy atom. The van der Waals surface area contributed by atoms with Gasteiger partial charge in [-0.05, 0) is 47.4 Å². The zero-order valence-electron chi connectivity index (χ0n) is 17.1. The van der Waals surface area contributed by atoms with Crippen LogP contribution in [0.1, 0.15) is 50.5 Å². The van der Waals surface area contributed by atoms with Crippen molar-refractivity contribution in [2.45, 2.75) is 63.2 Å². The molecular formula is C21H25IN3O5P. The highest BCUT2D eigenvalue weighted by molar-refractivity contribution is 14.1. The number of aromatic amines is 1. The van der Waals surface area contributed by atoms with Gasteiger partial charge in [0.25, 0.3) is 14.1 Å². The van der Waals surface area contributed by atoms with Crippen molar-refractivity contribution in [2.75, 3.05) is 6.54 Å². The first-order valence-corrected chi connectivity index (χ1v) is 12.9. The molecule has 6 atom stereocenters. The van der Waals surface area contributed by atoms with Crippen LogP contribution < -0.4 is 11.2 Å². The van der Waals surface area contributed by atoms with Crippen LogP contribution in [0, 0.1) is 3.57 Å². The van der Waals surface area contributed by atoms with Gasteiger partial charge in [0.05, 0.1) is 15.8 Å². The van der Waals surface area contributed by atoms with Crippen LogP contribution in [0.15, 0.2) is 46.1 Å². The molecule has 0 amide bonds. The first kappa shape index (κ1) is 21.7. The number of hydrogen-bond donors (Lipinski definition) is 1. The lowest BCUT2D eigenvalue weighted by atomic mass is 10.0. The molecule has 0 bridgehead atoms. The molecule has 1 unspecified atom stereocenters. The molecule has 1 aromatic heterocycles. The summed E-state index contributed by atoms with van der Waals surface area (Å²) in [6.07, 6.45) is 4.36. The highest BCUT2D eigenvalue weighted by atomic mass is 127. The lowest BCUT2D eigenvalue weighted by Crippen LogP contribution is -2.33. The second kappa shape index (κ2) is 9.03. The average molecular weight is 557 g/mol. The molecule has 1 aromatic carbocycles. The van der Waals surface area contributed by atoms with Crippen molar-refractivity contribution < 1.29 is 13.8 Å². The van der Waals surface area contributed by atoms with E-state index >= 15 is 0 Å². The minimum absolute atomic E-state index is 0.0244. The average Bonchev–Trinajstić information content (AvgIpc) is 3.48. The zero-order valence-corrected chi connectivity index (χ0v) is 20.2. The van der Waals surface area contributed by atoms with Gasteiger partial charge in [0.2, 0.25) is 0 Å². The van der Waals surface area contributed by atoms with E-state index in [1.54, 1.807) is 6.20 Å². The number of hydrogen-bond acceptors (Lipinski definition) is 6. The van der Waals surface area contributed by atoms with E-state index in [2.05, 4.69) is 28.7 Å². The summed E-state index contributed by atoms with van der Waals surface area (Å²) in [5, 5.41) is 0. The first-order valence-electron chi connectivity index (χ1n) is 10.7. The Kier molecular flexibility index (Phi) is 6.33. The number of ether oxygens (including phenoxy) is 1. The summed E-state index contributed by atoms with van der Waals surface area (Å²) >= 11 is 1.92. The lowest BCUT2D eigenvalue weighted by molar-refractivity contribution is -0.0190. The van der Waals surface area contributed by atoms with Crippen molar-refractivity contribution in [2.24, 2.45) is 0 Å². The minimum Gasteiger partial charge on any atom is -0.352 e. The van der Waals surface area contributed by atoms with Gasteiger partial charge in [0.15, 0.2) is 0 Å². The second-order valence-corrected chi connectivity index (χ2v) is 10.7. The summed E-state index contributed by atoms with van der Waals surface area (Å²) in [5.41, 5.74) is 0.349. The third kappa shape index (κ3) is 4.16. The number of aromatic nitrogens is 2. The molecule has 3 aliphatic rings. The van der Waals surface area contributed by atoms with Crippen molar-refractivity contribution in [1.29, 1.82) is 0 Å². The molecule has 166 valence electrons. The Morgan fingerprint density at radius 1 is 1.29 bits per heavy atom. The van der Waals surface area contributed by atoms with Crippen molar-refractivity contribution >= 4 is 31.1 Å². The summed E-state index contributed by atoms with van der Waals surface area (Å²) in [4.78, 5) is 26.4. The lowest BCUT2D eigenvalue weighted by Gasteiger charge is -2.25. The van der Waals surface area contributed by atoms with Crippen LogP contribution in [0.4, 0.5) is 0 Å². The van der Waals surface area contributed by atoms with Crippen LogP contribution in [0.25, 0.3) is 0 Å². The van der Waals surface area contributed by atoms with Crippen LogP contribution in [-0.4, -0.2) is 39.0 Å². The number of rotatable bonds is 5. The predicted molar refractivity (Wildman–Crippen MR) is 125 cm³/mol. The predicted octanol–water partition coefficient (Wildman–Crippen LogP) is 3.69. The number of fused-ring (bicyclic) bond motifs is 1. The van der Waals surface area contributed by atoms with Gasteiger partial charge in [0.1, 0.15) is 12.3 Å². The van der Waals surface area contributed by atoms with Gasteiger partial charge in [-0.25, -0.2) is 9.46 Å². The van der Waals surface area contributed by atoms with Crippen LogP contribution in [0.2, 0.25) is 0 Å². The smallest absolute Gasteiger partial charge is 0.330 e. The molecule has 0 aliphatic carbocycles. The van der Waals surface area contributed by atoms with E-state index < -0.39 is 20.4 Å². The Balaban J connectivity index is 1.34. The van der Waals surface area contributed by atoms with Crippen LogP contribution in [0.5, 0.6) is 0 Å². The van der Waals surface area contributed by atoms with E-state index in [0.29, 0.717) is 16.0 Å². The maximum absolute atomic E-state index is 12.3. The van der Waals surface area contributed by atoms with E-state index in [1.165, 1.54) is 10.1 Å². The SMILES string of the molecule is CC[C@H]1O[C@@H](n2cc(I)c(=O)[nH]c2=O)CC1O[P@@]1O[C@H](c2ccccc2)[C@@H]2CCCN21. The molecule has 3 fully saturated rings. The molecule has 3 saturated heterocycles. The molecule has 4 heterocycles. The minimum atomic E-state index is -1.19. The maximum atomic E-state index is 12.3. The van der Waals surface area contributed by atoms with Gasteiger partial charge < -0.3 is 13.8 Å². The van der Waals surface area contributed by atoms with E-state index in [1.807, 2.05) is 40.8 Å². The number of nitrogens with zero attached hydrogens (tertiary/aromatic N) is 2. The monoisotopic (exact) mass is 557 g/mol. The normalized spacial score (nSPS) is 33.1. The molecule has 2 aromatic rings. The quantitative estimate of drug-likeness (QED) is 0.446. The largest absolute Gasteiger partial charge is 0.352 e. The second-order valence-electron chi connectivity index (χ2n) is 8.11. The van der Waals surface area contributed by atoms with Crippen LogP contribution in [0.3, 0.4) is 0 Å². The van der Waals surface area contributed by atoms with Gasteiger partial charge in [-0.3, -0.25) is 14.3 Å². The van der Waals surface area contributed by atoms with Crippen molar-refractivity contribution in [3.05, 3.63) is 66.5 Å². The third-order valence-corrected chi connectivity index (χ3v) is 8.75. The highest BCUT2D eigenvalue weighted by Gasteiger charge is 2.49. The van der Waals surface area contributed by atoms with E-state index in [0.717, 1.165) is 25.8 Å². The fourth-order valence-corrected chi connectivity index (χ4v) is 7.08.